The lowest BCUT2D eigenvalue weighted by atomic mass is 10.0. The number of rotatable bonds is 8. The second kappa shape index (κ2) is 11.1. The van der Waals surface area contributed by atoms with E-state index >= 15 is 0 Å². The minimum absolute atomic E-state index is 0.252. The van der Waals surface area contributed by atoms with E-state index in [2.05, 4.69) is 15.4 Å². The molecule has 0 aromatic heterocycles. The van der Waals surface area contributed by atoms with Gasteiger partial charge in [-0.25, -0.2) is 9.59 Å². The fraction of sp³-hybridized carbons (Fsp3) is 0.333. The number of hydrogen-bond acceptors (Lipinski definition) is 6. The minimum atomic E-state index is -0.916. The Morgan fingerprint density at radius 2 is 1.69 bits per heavy atom. The molecule has 0 unspecified atom stereocenters. The number of hydrogen-bond donors (Lipinski definition) is 2. The number of esters is 2. The van der Waals surface area contributed by atoms with E-state index in [1.165, 1.54) is 13.2 Å². The van der Waals surface area contributed by atoms with Gasteiger partial charge in [0, 0.05) is 11.3 Å². The number of ether oxygens (including phenoxy) is 2. The number of methoxy groups -OCH3 is 1. The summed E-state index contributed by atoms with van der Waals surface area (Å²) in [5.74, 6) is -2.47. The highest BCUT2D eigenvalue weighted by Crippen LogP contribution is 2.17. The summed E-state index contributed by atoms with van der Waals surface area (Å²) in [7, 11) is 1.27. The van der Waals surface area contributed by atoms with E-state index in [1.807, 2.05) is 13.0 Å². The van der Waals surface area contributed by atoms with Crippen molar-refractivity contribution < 1.29 is 28.7 Å². The molecule has 0 aliphatic rings. The van der Waals surface area contributed by atoms with Crippen molar-refractivity contribution >= 4 is 29.4 Å². The second-order valence-electron chi connectivity index (χ2n) is 7.74. The fourth-order valence-electron chi connectivity index (χ4n) is 2.92. The van der Waals surface area contributed by atoms with E-state index < -0.39 is 36.4 Å². The summed E-state index contributed by atoms with van der Waals surface area (Å²) in [6, 6.07) is 10.8. The first-order valence-electron chi connectivity index (χ1n) is 10.2. The molecule has 2 aromatic rings. The molecule has 2 aromatic carbocycles. The number of carbonyl (C=O) groups is 4. The molecule has 0 aliphatic carbocycles. The van der Waals surface area contributed by atoms with Crippen LogP contribution in [-0.2, 0) is 19.1 Å². The van der Waals surface area contributed by atoms with Gasteiger partial charge < -0.3 is 20.1 Å². The number of benzene rings is 2. The molecule has 8 nitrogen and oxygen atoms in total. The Labute approximate surface area is 187 Å². The van der Waals surface area contributed by atoms with Crippen molar-refractivity contribution in [1.29, 1.82) is 0 Å². The van der Waals surface area contributed by atoms with Crippen molar-refractivity contribution in [3.05, 3.63) is 64.7 Å². The molecule has 0 heterocycles. The molecule has 0 radical (unpaired) electrons. The molecule has 2 rings (SSSR count). The van der Waals surface area contributed by atoms with Crippen molar-refractivity contribution in [1.82, 2.24) is 5.32 Å². The fourth-order valence-corrected chi connectivity index (χ4v) is 2.92. The molecule has 2 N–H and O–H groups in total. The maximum atomic E-state index is 12.5. The molecule has 8 heteroatoms. The van der Waals surface area contributed by atoms with Crippen molar-refractivity contribution in [3.63, 3.8) is 0 Å². The summed E-state index contributed by atoms with van der Waals surface area (Å²) in [5, 5.41) is 5.29. The van der Waals surface area contributed by atoms with Gasteiger partial charge in [0.15, 0.2) is 6.61 Å². The van der Waals surface area contributed by atoms with Gasteiger partial charge in [0.1, 0.15) is 6.04 Å². The second-order valence-corrected chi connectivity index (χ2v) is 7.74. The van der Waals surface area contributed by atoms with Gasteiger partial charge in [-0.2, -0.15) is 0 Å². The molecule has 0 saturated carbocycles. The average Bonchev–Trinajstić information content (AvgIpc) is 2.76. The van der Waals surface area contributed by atoms with E-state index in [4.69, 9.17) is 4.74 Å². The normalized spacial score (nSPS) is 11.4. The Morgan fingerprint density at radius 1 is 0.969 bits per heavy atom. The predicted molar refractivity (Wildman–Crippen MR) is 119 cm³/mol. The van der Waals surface area contributed by atoms with E-state index in [1.54, 1.807) is 51.1 Å². The lowest BCUT2D eigenvalue weighted by molar-refractivity contribution is -0.150. The number of aryl methyl sites for hydroxylation is 2. The third-order valence-corrected chi connectivity index (χ3v) is 4.77. The molecular weight excluding hydrogens is 412 g/mol. The van der Waals surface area contributed by atoms with Crippen molar-refractivity contribution in [3.8, 4) is 0 Å². The smallest absolute Gasteiger partial charge is 0.337 e. The van der Waals surface area contributed by atoms with Gasteiger partial charge >= 0.3 is 11.9 Å². The first-order valence-corrected chi connectivity index (χ1v) is 10.2. The van der Waals surface area contributed by atoms with Gasteiger partial charge in [-0.15, -0.1) is 0 Å². The Balaban J connectivity index is 1.99. The van der Waals surface area contributed by atoms with Gasteiger partial charge in [0.25, 0.3) is 11.8 Å². The number of carbonyl (C=O) groups excluding carboxylic acids is 4. The van der Waals surface area contributed by atoms with Gasteiger partial charge in [-0.05, 0) is 49.6 Å². The van der Waals surface area contributed by atoms with Crippen LogP contribution in [0.2, 0.25) is 0 Å². The van der Waals surface area contributed by atoms with Crippen molar-refractivity contribution in [2.24, 2.45) is 5.92 Å². The van der Waals surface area contributed by atoms with E-state index in [9.17, 15) is 19.2 Å². The maximum Gasteiger partial charge on any atom is 0.337 e. The SMILES string of the molecule is COC(=O)c1ccc(C)c(NC(=O)COC(=O)[C@@H](NC(=O)c2cccc(C)c2)C(C)C)c1. The molecule has 170 valence electrons. The highest BCUT2D eigenvalue weighted by atomic mass is 16.5. The molecule has 0 aliphatic heterocycles. The van der Waals surface area contributed by atoms with E-state index in [-0.39, 0.29) is 11.5 Å². The average molecular weight is 440 g/mol. The minimum Gasteiger partial charge on any atom is -0.465 e. The first-order chi connectivity index (χ1) is 15.1. The third-order valence-electron chi connectivity index (χ3n) is 4.77. The molecule has 32 heavy (non-hydrogen) atoms. The Hall–Kier alpha value is -3.68. The molecular formula is C24H28N2O6. The van der Waals surface area contributed by atoms with Gasteiger partial charge in [0.05, 0.1) is 12.7 Å². The van der Waals surface area contributed by atoms with Gasteiger partial charge in [-0.1, -0.05) is 37.6 Å². The standard InChI is InChI=1S/C24H28N2O6/c1-14(2)21(26-22(28)17-8-6-7-15(3)11-17)24(30)32-13-20(27)25-19-12-18(23(29)31-5)10-9-16(19)4/h6-12,14,21H,13H2,1-5H3,(H,25,27)(H,26,28)/t21-/m0/s1. The largest absolute Gasteiger partial charge is 0.465 e. The highest BCUT2D eigenvalue weighted by Gasteiger charge is 2.27. The first kappa shape index (κ1) is 24.6. The topological polar surface area (TPSA) is 111 Å². The molecule has 0 saturated heterocycles. The van der Waals surface area contributed by atoms with E-state index in [0.29, 0.717) is 11.3 Å². The summed E-state index contributed by atoms with van der Waals surface area (Å²) in [6.07, 6.45) is 0. The summed E-state index contributed by atoms with van der Waals surface area (Å²) >= 11 is 0. The van der Waals surface area contributed by atoms with Crippen molar-refractivity contribution in [2.75, 3.05) is 19.0 Å². The molecule has 2 amide bonds. The summed E-state index contributed by atoms with van der Waals surface area (Å²) in [6.45, 7) is 6.63. The van der Waals surface area contributed by atoms with Crippen LogP contribution in [0.4, 0.5) is 5.69 Å². The van der Waals surface area contributed by atoms with Crippen LogP contribution >= 0.6 is 0 Å². The monoisotopic (exact) mass is 440 g/mol. The van der Waals surface area contributed by atoms with Crippen molar-refractivity contribution in [2.45, 2.75) is 33.7 Å². The summed E-state index contributed by atoms with van der Waals surface area (Å²) in [5.41, 5.74) is 2.76. The molecule has 0 bridgehead atoms. The van der Waals surface area contributed by atoms with Crippen LogP contribution in [0.3, 0.4) is 0 Å². The van der Waals surface area contributed by atoms with Crippen LogP contribution in [0.1, 0.15) is 45.7 Å². The van der Waals surface area contributed by atoms with Crippen LogP contribution in [0.5, 0.6) is 0 Å². The van der Waals surface area contributed by atoms with Gasteiger partial charge in [-0.3, -0.25) is 9.59 Å². The zero-order chi connectivity index (χ0) is 23.8. The highest BCUT2D eigenvalue weighted by molar-refractivity contribution is 5.98. The molecule has 1 atom stereocenters. The van der Waals surface area contributed by atoms with Crippen LogP contribution in [0, 0.1) is 19.8 Å². The Morgan fingerprint density at radius 3 is 2.31 bits per heavy atom. The number of nitrogens with one attached hydrogen (secondary N) is 2. The molecule has 0 spiro atoms. The number of anilines is 1. The lowest BCUT2D eigenvalue weighted by Crippen LogP contribution is -2.46. The van der Waals surface area contributed by atoms with E-state index in [0.717, 1.165) is 11.1 Å². The zero-order valence-electron chi connectivity index (χ0n) is 18.9. The maximum absolute atomic E-state index is 12.5. The quantitative estimate of drug-likeness (QED) is 0.611. The molecule has 0 fully saturated rings. The third kappa shape index (κ3) is 6.66. The zero-order valence-corrected chi connectivity index (χ0v) is 18.9. The van der Waals surface area contributed by atoms with Crippen LogP contribution in [-0.4, -0.2) is 43.5 Å². The Kier molecular flexibility index (Phi) is 8.52. The van der Waals surface area contributed by atoms with Gasteiger partial charge in [0.2, 0.25) is 0 Å². The van der Waals surface area contributed by atoms with Crippen LogP contribution in [0.25, 0.3) is 0 Å². The predicted octanol–water partition coefficient (Wildman–Crippen LogP) is 3.03. The van der Waals surface area contributed by atoms with Crippen LogP contribution in [0.15, 0.2) is 42.5 Å². The van der Waals surface area contributed by atoms with Crippen LogP contribution < -0.4 is 10.6 Å². The summed E-state index contributed by atoms with van der Waals surface area (Å²) in [4.78, 5) is 49.0. The number of amides is 2. The Bertz CT molecular complexity index is 1020. The lowest BCUT2D eigenvalue weighted by Gasteiger charge is -2.21. The summed E-state index contributed by atoms with van der Waals surface area (Å²) < 4.78 is 9.82.